The van der Waals surface area contributed by atoms with Gasteiger partial charge in [0.2, 0.25) is 5.88 Å². The van der Waals surface area contributed by atoms with Crippen LogP contribution in [0.15, 0.2) is 36.4 Å². The number of hydrogen-bond donors (Lipinski definition) is 1. The molecule has 0 saturated heterocycles. The fourth-order valence-corrected chi connectivity index (χ4v) is 1.40. The molecule has 0 radical (unpaired) electrons. The summed E-state index contributed by atoms with van der Waals surface area (Å²) >= 11 is 5.70. The average Bonchev–Trinajstić information content (AvgIpc) is 2.15. The van der Waals surface area contributed by atoms with Crippen LogP contribution in [0.5, 0.6) is 11.6 Å². The van der Waals surface area contributed by atoms with Crippen molar-refractivity contribution in [2.75, 3.05) is 5.73 Å². The van der Waals surface area contributed by atoms with E-state index in [1.807, 2.05) is 0 Å². The molecule has 1 aromatic heterocycles. The van der Waals surface area contributed by atoms with Crippen LogP contribution in [0.25, 0.3) is 0 Å². The molecule has 0 bridgehead atoms. The van der Waals surface area contributed by atoms with E-state index in [0.29, 0.717) is 11.4 Å². The minimum absolute atomic E-state index is 0.228. The SMILES string of the molecule is Nc1cc(Cl)nc(Oc2cccc(F)c2)c1. The van der Waals surface area contributed by atoms with Gasteiger partial charge in [0.1, 0.15) is 16.7 Å². The molecule has 0 aliphatic carbocycles. The Hall–Kier alpha value is -1.81. The number of ether oxygens (including phenoxy) is 1. The molecule has 0 fully saturated rings. The Kier molecular flexibility index (Phi) is 2.92. The van der Waals surface area contributed by atoms with Gasteiger partial charge >= 0.3 is 0 Å². The lowest BCUT2D eigenvalue weighted by atomic mass is 10.3. The Morgan fingerprint density at radius 2 is 2.06 bits per heavy atom. The molecule has 1 aromatic carbocycles. The van der Waals surface area contributed by atoms with Gasteiger partial charge in [-0.25, -0.2) is 9.37 Å². The van der Waals surface area contributed by atoms with Crippen LogP contribution < -0.4 is 10.5 Å². The zero-order chi connectivity index (χ0) is 11.5. The van der Waals surface area contributed by atoms with Crippen molar-refractivity contribution in [2.24, 2.45) is 0 Å². The molecular weight excluding hydrogens is 231 g/mol. The molecule has 0 aliphatic heterocycles. The van der Waals surface area contributed by atoms with Gasteiger partial charge in [-0.2, -0.15) is 0 Å². The number of hydrogen-bond acceptors (Lipinski definition) is 3. The van der Waals surface area contributed by atoms with E-state index in [1.54, 1.807) is 12.1 Å². The summed E-state index contributed by atoms with van der Waals surface area (Å²) in [5, 5.41) is 0.228. The highest BCUT2D eigenvalue weighted by Crippen LogP contribution is 2.23. The monoisotopic (exact) mass is 238 g/mol. The fraction of sp³-hybridized carbons (Fsp3) is 0. The van der Waals surface area contributed by atoms with E-state index in [4.69, 9.17) is 22.1 Å². The van der Waals surface area contributed by atoms with Crippen molar-refractivity contribution in [3.8, 4) is 11.6 Å². The highest BCUT2D eigenvalue weighted by Gasteiger charge is 2.02. The minimum atomic E-state index is -0.382. The molecule has 0 atom stereocenters. The highest BCUT2D eigenvalue weighted by molar-refractivity contribution is 6.29. The molecular formula is C11H8ClFN2O. The number of benzene rings is 1. The van der Waals surface area contributed by atoms with Crippen molar-refractivity contribution in [3.63, 3.8) is 0 Å². The average molecular weight is 239 g/mol. The van der Waals surface area contributed by atoms with Crippen LogP contribution in [0.1, 0.15) is 0 Å². The molecule has 2 rings (SSSR count). The van der Waals surface area contributed by atoms with Crippen molar-refractivity contribution in [1.82, 2.24) is 4.98 Å². The summed E-state index contributed by atoms with van der Waals surface area (Å²) in [4.78, 5) is 3.90. The number of aromatic nitrogens is 1. The first-order valence-corrected chi connectivity index (χ1v) is 4.88. The maximum atomic E-state index is 12.9. The quantitative estimate of drug-likeness (QED) is 0.817. The van der Waals surface area contributed by atoms with Crippen LogP contribution in [0.4, 0.5) is 10.1 Å². The first-order chi connectivity index (χ1) is 7.63. The van der Waals surface area contributed by atoms with Gasteiger partial charge in [0.15, 0.2) is 0 Å². The standard InChI is InChI=1S/C11H8ClFN2O/c12-10-5-8(14)6-11(15-10)16-9-3-1-2-7(13)4-9/h1-6H,(H2,14,15). The zero-order valence-corrected chi connectivity index (χ0v) is 8.91. The lowest BCUT2D eigenvalue weighted by molar-refractivity contribution is 0.458. The molecule has 0 aliphatic rings. The Morgan fingerprint density at radius 3 is 2.75 bits per heavy atom. The van der Waals surface area contributed by atoms with Gasteiger partial charge in [-0.1, -0.05) is 17.7 Å². The number of halogens is 2. The van der Waals surface area contributed by atoms with E-state index in [1.165, 1.54) is 24.3 Å². The Labute approximate surface area is 96.6 Å². The molecule has 1 heterocycles. The van der Waals surface area contributed by atoms with E-state index >= 15 is 0 Å². The molecule has 0 spiro atoms. The van der Waals surface area contributed by atoms with E-state index in [2.05, 4.69) is 4.98 Å². The van der Waals surface area contributed by atoms with Crippen LogP contribution in [0.3, 0.4) is 0 Å². The molecule has 82 valence electrons. The number of anilines is 1. The van der Waals surface area contributed by atoms with Crippen molar-refractivity contribution in [2.45, 2.75) is 0 Å². The van der Waals surface area contributed by atoms with E-state index < -0.39 is 0 Å². The van der Waals surface area contributed by atoms with Gasteiger partial charge in [-0.05, 0) is 18.2 Å². The van der Waals surface area contributed by atoms with Crippen LogP contribution in [-0.4, -0.2) is 4.98 Å². The summed E-state index contributed by atoms with van der Waals surface area (Å²) in [7, 11) is 0. The van der Waals surface area contributed by atoms with E-state index in [9.17, 15) is 4.39 Å². The molecule has 3 nitrogen and oxygen atoms in total. The predicted octanol–water partition coefficient (Wildman–Crippen LogP) is 3.25. The second-order valence-corrected chi connectivity index (χ2v) is 3.51. The van der Waals surface area contributed by atoms with Crippen molar-refractivity contribution < 1.29 is 9.13 Å². The predicted molar refractivity (Wildman–Crippen MR) is 60.1 cm³/mol. The maximum absolute atomic E-state index is 12.9. The summed E-state index contributed by atoms with van der Waals surface area (Å²) in [6, 6.07) is 8.74. The topological polar surface area (TPSA) is 48.1 Å². The van der Waals surface area contributed by atoms with Gasteiger partial charge in [0.05, 0.1) is 0 Å². The van der Waals surface area contributed by atoms with Crippen molar-refractivity contribution in [1.29, 1.82) is 0 Å². The third-order valence-corrected chi connectivity index (χ3v) is 2.01. The number of nitrogen functional groups attached to an aromatic ring is 1. The summed E-state index contributed by atoms with van der Waals surface area (Å²) in [6.45, 7) is 0. The first kappa shape index (κ1) is 10.7. The summed E-state index contributed by atoms with van der Waals surface area (Å²) in [5.41, 5.74) is 6.00. The number of pyridine rings is 1. The Bertz CT molecular complexity index is 499. The molecule has 5 heteroatoms. The Balaban J connectivity index is 2.27. The number of nitrogens with two attached hydrogens (primary N) is 1. The summed E-state index contributed by atoms with van der Waals surface area (Å²) < 4.78 is 18.2. The molecule has 0 saturated carbocycles. The fourth-order valence-electron chi connectivity index (χ4n) is 1.20. The van der Waals surface area contributed by atoms with Crippen molar-refractivity contribution in [3.05, 3.63) is 47.4 Å². The molecule has 0 unspecified atom stereocenters. The van der Waals surface area contributed by atoms with Crippen molar-refractivity contribution >= 4 is 17.3 Å². The molecule has 2 aromatic rings. The third kappa shape index (κ3) is 2.61. The maximum Gasteiger partial charge on any atom is 0.222 e. The first-order valence-electron chi connectivity index (χ1n) is 4.50. The van der Waals surface area contributed by atoms with Gasteiger partial charge < -0.3 is 10.5 Å². The molecule has 16 heavy (non-hydrogen) atoms. The second-order valence-electron chi connectivity index (χ2n) is 3.12. The summed E-state index contributed by atoms with van der Waals surface area (Å²) in [5.74, 6) is 0.192. The normalized spacial score (nSPS) is 10.1. The second kappa shape index (κ2) is 4.37. The van der Waals surface area contributed by atoms with Crippen LogP contribution in [-0.2, 0) is 0 Å². The largest absolute Gasteiger partial charge is 0.439 e. The smallest absolute Gasteiger partial charge is 0.222 e. The lowest BCUT2D eigenvalue weighted by Gasteiger charge is -2.05. The number of rotatable bonds is 2. The van der Waals surface area contributed by atoms with Gasteiger partial charge in [-0.15, -0.1) is 0 Å². The number of nitrogens with zero attached hydrogens (tertiary/aromatic N) is 1. The van der Waals surface area contributed by atoms with Crippen LogP contribution >= 0.6 is 11.6 Å². The summed E-state index contributed by atoms with van der Waals surface area (Å²) in [6.07, 6.45) is 0. The van der Waals surface area contributed by atoms with Gasteiger partial charge in [0, 0.05) is 17.8 Å². The zero-order valence-electron chi connectivity index (χ0n) is 8.15. The van der Waals surface area contributed by atoms with E-state index in [0.717, 1.165) is 0 Å². The minimum Gasteiger partial charge on any atom is -0.439 e. The van der Waals surface area contributed by atoms with Gasteiger partial charge in [0.25, 0.3) is 0 Å². The third-order valence-electron chi connectivity index (χ3n) is 1.81. The van der Waals surface area contributed by atoms with E-state index in [-0.39, 0.29) is 16.9 Å². The molecule has 2 N–H and O–H groups in total. The van der Waals surface area contributed by atoms with Crippen LogP contribution in [0, 0.1) is 5.82 Å². The highest BCUT2D eigenvalue weighted by atomic mass is 35.5. The van der Waals surface area contributed by atoms with Crippen LogP contribution in [0.2, 0.25) is 5.15 Å². The lowest BCUT2D eigenvalue weighted by Crippen LogP contribution is -1.92. The Morgan fingerprint density at radius 1 is 1.25 bits per heavy atom. The molecule has 0 amide bonds. The van der Waals surface area contributed by atoms with Gasteiger partial charge in [-0.3, -0.25) is 0 Å².